The zero-order valence-electron chi connectivity index (χ0n) is 12.7. The number of nitro groups is 1. The fourth-order valence-corrected chi connectivity index (χ4v) is 2.36. The van der Waals surface area contributed by atoms with Gasteiger partial charge in [-0.3, -0.25) is 19.5 Å². The van der Waals surface area contributed by atoms with Crippen LogP contribution in [0.5, 0.6) is 0 Å². The molecule has 0 spiro atoms. The number of aromatic nitrogens is 1. The van der Waals surface area contributed by atoms with E-state index in [-0.39, 0.29) is 23.3 Å². The highest BCUT2D eigenvalue weighted by atomic mass is 16.6. The van der Waals surface area contributed by atoms with Gasteiger partial charge < -0.3 is 9.73 Å². The van der Waals surface area contributed by atoms with Gasteiger partial charge in [0.2, 0.25) is 5.91 Å². The quantitative estimate of drug-likeness (QED) is 0.585. The molecular weight excluding hydrogens is 314 g/mol. The van der Waals surface area contributed by atoms with Crippen molar-refractivity contribution in [1.82, 2.24) is 4.57 Å². The number of hydrogen-bond donors (Lipinski definition) is 1. The molecule has 0 radical (unpaired) electrons. The van der Waals surface area contributed by atoms with Gasteiger partial charge in [0.25, 0.3) is 5.69 Å². The van der Waals surface area contributed by atoms with Crippen molar-refractivity contribution in [1.29, 1.82) is 0 Å². The van der Waals surface area contributed by atoms with Crippen LogP contribution in [0.4, 0.5) is 11.4 Å². The van der Waals surface area contributed by atoms with Crippen molar-refractivity contribution in [3.8, 4) is 0 Å². The number of para-hydroxylation sites is 1. The topological polar surface area (TPSA) is 107 Å². The number of carbonyl (C=O) groups excluding carboxylic acids is 1. The maximum atomic E-state index is 12.2. The van der Waals surface area contributed by atoms with E-state index in [9.17, 15) is 19.7 Å². The van der Waals surface area contributed by atoms with Crippen LogP contribution in [0, 0.1) is 17.0 Å². The first kappa shape index (κ1) is 15.5. The van der Waals surface area contributed by atoms with Gasteiger partial charge in [-0.1, -0.05) is 18.2 Å². The third-order valence-electron chi connectivity index (χ3n) is 3.58. The zero-order valence-corrected chi connectivity index (χ0v) is 12.7. The Bertz CT molecular complexity index is 1000. The number of carbonyl (C=O) groups is 1. The first-order chi connectivity index (χ1) is 11.5. The van der Waals surface area contributed by atoms with E-state index in [0.29, 0.717) is 5.69 Å². The normalized spacial score (nSPS) is 10.7. The lowest BCUT2D eigenvalue weighted by atomic mass is 10.2. The molecule has 1 heterocycles. The van der Waals surface area contributed by atoms with E-state index in [2.05, 4.69) is 5.32 Å². The molecule has 0 atom stereocenters. The predicted molar refractivity (Wildman–Crippen MR) is 86.9 cm³/mol. The minimum absolute atomic E-state index is 0.184. The number of anilines is 1. The van der Waals surface area contributed by atoms with Crippen molar-refractivity contribution >= 4 is 28.4 Å². The van der Waals surface area contributed by atoms with Crippen LogP contribution in [0.3, 0.4) is 0 Å². The molecule has 0 saturated heterocycles. The molecule has 0 aliphatic heterocycles. The molecule has 1 aromatic heterocycles. The Morgan fingerprint density at radius 1 is 1.29 bits per heavy atom. The van der Waals surface area contributed by atoms with Gasteiger partial charge in [0.05, 0.1) is 10.4 Å². The molecule has 0 fully saturated rings. The summed E-state index contributed by atoms with van der Waals surface area (Å²) in [6, 6.07) is 11.0. The van der Waals surface area contributed by atoms with Gasteiger partial charge in [-0.05, 0) is 24.6 Å². The average molecular weight is 327 g/mol. The highest BCUT2D eigenvalue weighted by Crippen LogP contribution is 2.20. The lowest BCUT2D eigenvalue weighted by molar-refractivity contribution is -0.384. The molecule has 0 unspecified atom stereocenters. The van der Waals surface area contributed by atoms with Gasteiger partial charge in [-0.2, -0.15) is 0 Å². The lowest BCUT2D eigenvalue weighted by Crippen LogP contribution is -2.25. The summed E-state index contributed by atoms with van der Waals surface area (Å²) in [7, 11) is 0. The van der Waals surface area contributed by atoms with E-state index < -0.39 is 16.6 Å². The van der Waals surface area contributed by atoms with Crippen LogP contribution < -0.4 is 11.1 Å². The first-order valence-electron chi connectivity index (χ1n) is 7.09. The van der Waals surface area contributed by atoms with E-state index in [0.717, 1.165) is 10.1 Å². The summed E-state index contributed by atoms with van der Waals surface area (Å²) in [5.74, 6) is -1.17. The van der Waals surface area contributed by atoms with Crippen LogP contribution in [0.15, 0.2) is 51.7 Å². The molecule has 0 bridgehead atoms. The summed E-state index contributed by atoms with van der Waals surface area (Å²) in [5, 5.41) is 13.6. The maximum absolute atomic E-state index is 12.2. The molecule has 0 saturated carbocycles. The molecule has 1 amide bonds. The van der Waals surface area contributed by atoms with Crippen molar-refractivity contribution in [2.75, 3.05) is 5.32 Å². The predicted octanol–water partition coefficient (Wildman–Crippen LogP) is 2.45. The van der Waals surface area contributed by atoms with Gasteiger partial charge >= 0.3 is 5.76 Å². The summed E-state index contributed by atoms with van der Waals surface area (Å²) >= 11 is 0. The van der Waals surface area contributed by atoms with E-state index in [1.165, 1.54) is 18.2 Å². The van der Waals surface area contributed by atoms with Crippen LogP contribution in [0.2, 0.25) is 0 Å². The van der Waals surface area contributed by atoms with Crippen molar-refractivity contribution < 1.29 is 14.1 Å². The van der Waals surface area contributed by atoms with Crippen LogP contribution >= 0.6 is 0 Å². The Morgan fingerprint density at radius 3 is 2.75 bits per heavy atom. The molecule has 1 N–H and O–H groups in total. The smallest absolute Gasteiger partial charge is 0.408 e. The fourth-order valence-electron chi connectivity index (χ4n) is 2.36. The van der Waals surface area contributed by atoms with E-state index in [1.54, 1.807) is 12.1 Å². The number of nitrogens with one attached hydrogen (secondary N) is 1. The Balaban J connectivity index is 1.92. The molecule has 3 aromatic rings. The number of benzene rings is 2. The Labute approximate surface area is 135 Å². The zero-order chi connectivity index (χ0) is 17.3. The summed E-state index contributed by atoms with van der Waals surface area (Å²) in [6.45, 7) is 1.54. The number of amides is 1. The van der Waals surface area contributed by atoms with Gasteiger partial charge in [0.1, 0.15) is 6.54 Å². The molecule has 8 heteroatoms. The highest BCUT2D eigenvalue weighted by Gasteiger charge is 2.16. The van der Waals surface area contributed by atoms with Crippen molar-refractivity contribution in [2.45, 2.75) is 13.5 Å². The molecule has 122 valence electrons. The Hall–Kier alpha value is -3.42. The van der Waals surface area contributed by atoms with Gasteiger partial charge in [-0.15, -0.1) is 0 Å². The standard InChI is InChI=1S/C16H13N3O5/c1-10-4-2-3-5-12(10)17-15(20)9-18-13-8-11(19(22)23)6-7-14(13)24-16(18)21/h2-8H,9H2,1H3,(H,17,20). The number of oxazole rings is 1. The Morgan fingerprint density at radius 2 is 2.04 bits per heavy atom. The number of fused-ring (bicyclic) bond motifs is 1. The number of nitrogens with zero attached hydrogens (tertiary/aromatic N) is 2. The summed E-state index contributed by atoms with van der Waals surface area (Å²) < 4.78 is 6.08. The molecule has 8 nitrogen and oxygen atoms in total. The largest absolute Gasteiger partial charge is 0.420 e. The van der Waals surface area contributed by atoms with Gasteiger partial charge in [-0.25, -0.2) is 4.79 Å². The minimum Gasteiger partial charge on any atom is -0.408 e. The summed E-state index contributed by atoms with van der Waals surface area (Å²) in [6.07, 6.45) is 0. The molecule has 2 aromatic carbocycles. The highest BCUT2D eigenvalue weighted by molar-refractivity contribution is 5.92. The molecule has 0 aliphatic carbocycles. The lowest BCUT2D eigenvalue weighted by Gasteiger charge is -2.08. The minimum atomic E-state index is -0.745. The van der Waals surface area contributed by atoms with Gasteiger partial charge in [0.15, 0.2) is 5.58 Å². The second kappa shape index (κ2) is 5.99. The maximum Gasteiger partial charge on any atom is 0.420 e. The van der Waals surface area contributed by atoms with Crippen molar-refractivity contribution in [3.63, 3.8) is 0 Å². The SMILES string of the molecule is Cc1ccccc1NC(=O)Cn1c(=O)oc2ccc([N+](=O)[O-])cc21. The van der Waals surface area contributed by atoms with E-state index in [4.69, 9.17) is 4.42 Å². The van der Waals surface area contributed by atoms with E-state index >= 15 is 0 Å². The monoisotopic (exact) mass is 327 g/mol. The number of rotatable bonds is 4. The number of nitro benzene ring substituents is 1. The van der Waals surface area contributed by atoms with Crippen LogP contribution in [0.25, 0.3) is 11.1 Å². The van der Waals surface area contributed by atoms with Crippen LogP contribution in [-0.2, 0) is 11.3 Å². The van der Waals surface area contributed by atoms with Crippen molar-refractivity contribution in [3.05, 3.63) is 68.7 Å². The number of aryl methyl sites for hydroxylation is 1. The number of non-ortho nitro benzene ring substituents is 1. The number of hydrogen-bond acceptors (Lipinski definition) is 5. The molecule has 0 aliphatic rings. The molecule has 3 rings (SSSR count). The van der Waals surface area contributed by atoms with E-state index in [1.807, 2.05) is 19.1 Å². The third-order valence-corrected chi connectivity index (χ3v) is 3.58. The van der Waals surface area contributed by atoms with Gasteiger partial charge in [0, 0.05) is 17.8 Å². The second-order valence-corrected chi connectivity index (χ2v) is 5.23. The van der Waals surface area contributed by atoms with Crippen molar-refractivity contribution in [2.24, 2.45) is 0 Å². The fraction of sp³-hybridized carbons (Fsp3) is 0.125. The first-order valence-corrected chi connectivity index (χ1v) is 7.09. The van der Waals surface area contributed by atoms with Crippen LogP contribution in [-0.4, -0.2) is 15.4 Å². The Kier molecular flexibility index (Phi) is 3.87. The molecular formula is C16H13N3O5. The summed E-state index contributed by atoms with van der Waals surface area (Å²) in [4.78, 5) is 34.4. The average Bonchev–Trinajstić information content (AvgIpc) is 2.85. The van der Waals surface area contributed by atoms with Crippen LogP contribution in [0.1, 0.15) is 5.56 Å². The molecule has 24 heavy (non-hydrogen) atoms. The summed E-state index contributed by atoms with van der Waals surface area (Å²) in [5.41, 5.74) is 1.72. The second-order valence-electron chi connectivity index (χ2n) is 5.23. The third kappa shape index (κ3) is 2.89.